The van der Waals surface area contributed by atoms with Gasteiger partial charge in [0.25, 0.3) is 0 Å². The molecule has 4 nitrogen and oxygen atoms in total. The normalized spacial score (nSPS) is 10.2. The number of nitrogens with one attached hydrogen (secondary N) is 1. The molecule has 88 valence electrons. The van der Waals surface area contributed by atoms with Gasteiger partial charge in [-0.1, -0.05) is 18.2 Å². The zero-order valence-corrected chi connectivity index (χ0v) is 9.44. The van der Waals surface area contributed by atoms with Gasteiger partial charge in [-0.2, -0.15) is 0 Å². The Morgan fingerprint density at radius 3 is 2.76 bits per heavy atom. The van der Waals surface area contributed by atoms with E-state index in [2.05, 4.69) is 15.3 Å². The highest BCUT2D eigenvalue weighted by Crippen LogP contribution is 2.11. The van der Waals surface area contributed by atoms with Gasteiger partial charge in [0.2, 0.25) is 0 Å². The summed E-state index contributed by atoms with van der Waals surface area (Å²) in [5, 5.41) is 3.01. The van der Waals surface area contributed by atoms with E-state index >= 15 is 0 Å². The first-order chi connectivity index (χ1) is 8.15. The van der Waals surface area contributed by atoms with Crippen LogP contribution in [0, 0.1) is 12.7 Å². The SMILES string of the molecule is Cc1nc(N)cc(NCc2ccccc2F)n1. The molecule has 5 heteroatoms. The van der Waals surface area contributed by atoms with Crippen molar-refractivity contribution >= 4 is 11.6 Å². The summed E-state index contributed by atoms with van der Waals surface area (Å²) in [7, 11) is 0. The van der Waals surface area contributed by atoms with Crippen LogP contribution in [0.4, 0.5) is 16.0 Å². The minimum Gasteiger partial charge on any atom is -0.384 e. The van der Waals surface area contributed by atoms with E-state index in [1.165, 1.54) is 6.07 Å². The summed E-state index contributed by atoms with van der Waals surface area (Å²) >= 11 is 0. The monoisotopic (exact) mass is 232 g/mol. The first kappa shape index (κ1) is 11.3. The maximum absolute atomic E-state index is 13.4. The number of benzene rings is 1. The summed E-state index contributed by atoms with van der Waals surface area (Å²) in [4.78, 5) is 8.11. The molecule has 1 aromatic carbocycles. The molecule has 17 heavy (non-hydrogen) atoms. The van der Waals surface area contributed by atoms with E-state index in [0.29, 0.717) is 29.6 Å². The van der Waals surface area contributed by atoms with E-state index in [4.69, 9.17) is 5.73 Å². The van der Waals surface area contributed by atoms with E-state index < -0.39 is 0 Å². The van der Waals surface area contributed by atoms with Crippen molar-refractivity contribution in [2.45, 2.75) is 13.5 Å². The third kappa shape index (κ3) is 2.90. The molecular weight excluding hydrogens is 219 g/mol. The van der Waals surface area contributed by atoms with Gasteiger partial charge in [0.1, 0.15) is 23.3 Å². The zero-order chi connectivity index (χ0) is 12.3. The molecule has 0 aliphatic rings. The molecule has 0 unspecified atom stereocenters. The molecule has 0 fully saturated rings. The predicted molar refractivity (Wildman–Crippen MR) is 64.9 cm³/mol. The molecule has 2 rings (SSSR count). The van der Waals surface area contributed by atoms with Gasteiger partial charge >= 0.3 is 0 Å². The number of aromatic nitrogens is 2. The summed E-state index contributed by atoms with van der Waals surface area (Å²) in [5.74, 6) is 1.34. The molecule has 1 aromatic heterocycles. The molecular formula is C12H13FN4. The van der Waals surface area contributed by atoms with Crippen LogP contribution in [0.5, 0.6) is 0 Å². The maximum atomic E-state index is 13.4. The Bertz CT molecular complexity index is 507. The van der Waals surface area contributed by atoms with Gasteiger partial charge in [0.15, 0.2) is 0 Å². The lowest BCUT2D eigenvalue weighted by Crippen LogP contribution is -2.06. The fourth-order valence-electron chi connectivity index (χ4n) is 1.51. The second kappa shape index (κ2) is 4.78. The second-order valence-electron chi connectivity index (χ2n) is 3.67. The number of hydrogen-bond acceptors (Lipinski definition) is 4. The smallest absolute Gasteiger partial charge is 0.132 e. The number of aryl methyl sites for hydroxylation is 1. The molecule has 0 atom stereocenters. The van der Waals surface area contributed by atoms with Crippen molar-refractivity contribution in [2.75, 3.05) is 11.1 Å². The summed E-state index contributed by atoms with van der Waals surface area (Å²) in [5.41, 5.74) is 6.18. The van der Waals surface area contributed by atoms with Crippen LogP contribution in [0.1, 0.15) is 11.4 Å². The first-order valence-corrected chi connectivity index (χ1v) is 5.23. The second-order valence-corrected chi connectivity index (χ2v) is 3.67. The Morgan fingerprint density at radius 1 is 1.29 bits per heavy atom. The quantitative estimate of drug-likeness (QED) is 0.850. The average Bonchev–Trinajstić information content (AvgIpc) is 2.27. The van der Waals surface area contributed by atoms with Crippen molar-refractivity contribution in [2.24, 2.45) is 0 Å². The zero-order valence-electron chi connectivity index (χ0n) is 9.44. The van der Waals surface area contributed by atoms with Gasteiger partial charge in [-0.25, -0.2) is 14.4 Å². The molecule has 3 N–H and O–H groups in total. The highest BCUT2D eigenvalue weighted by Gasteiger charge is 2.02. The third-order valence-corrected chi connectivity index (χ3v) is 2.28. The number of hydrogen-bond donors (Lipinski definition) is 2. The summed E-state index contributed by atoms with van der Waals surface area (Å²) < 4.78 is 13.4. The molecule has 1 heterocycles. The Morgan fingerprint density at radius 2 is 2.06 bits per heavy atom. The number of halogens is 1. The molecule has 2 aromatic rings. The highest BCUT2D eigenvalue weighted by molar-refractivity contribution is 5.44. The third-order valence-electron chi connectivity index (χ3n) is 2.28. The van der Waals surface area contributed by atoms with E-state index in [-0.39, 0.29) is 5.82 Å². The van der Waals surface area contributed by atoms with Crippen molar-refractivity contribution in [3.63, 3.8) is 0 Å². The molecule has 0 saturated carbocycles. The van der Waals surface area contributed by atoms with Gasteiger partial charge in [-0.15, -0.1) is 0 Å². The Kier molecular flexibility index (Phi) is 3.18. The molecule has 0 spiro atoms. The molecule has 0 bridgehead atoms. The van der Waals surface area contributed by atoms with Crippen molar-refractivity contribution in [1.82, 2.24) is 9.97 Å². The molecule has 0 amide bonds. The van der Waals surface area contributed by atoms with Crippen molar-refractivity contribution in [3.8, 4) is 0 Å². The number of nitrogens with two attached hydrogens (primary N) is 1. The van der Waals surface area contributed by atoms with Crippen molar-refractivity contribution in [3.05, 3.63) is 47.5 Å². The molecule has 0 aliphatic heterocycles. The average molecular weight is 232 g/mol. The molecule has 0 radical (unpaired) electrons. The fraction of sp³-hybridized carbons (Fsp3) is 0.167. The Balaban J connectivity index is 2.10. The summed E-state index contributed by atoms with van der Waals surface area (Å²) in [6.07, 6.45) is 0. The van der Waals surface area contributed by atoms with Crippen LogP contribution in [-0.4, -0.2) is 9.97 Å². The van der Waals surface area contributed by atoms with E-state index in [9.17, 15) is 4.39 Å². The summed E-state index contributed by atoms with van der Waals surface area (Å²) in [6.45, 7) is 2.12. The minimum atomic E-state index is -0.237. The standard InChI is InChI=1S/C12H13FN4/c1-8-16-11(14)6-12(17-8)15-7-9-4-2-3-5-10(9)13/h2-6H,7H2,1H3,(H3,14,15,16,17). The van der Waals surface area contributed by atoms with Crippen LogP contribution in [0.3, 0.4) is 0 Å². The van der Waals surface area contributed by atoms with Gasteiger partial charge in [0.05, 0.1) is 0 Å². The van der Waals surface area contributed by atoms with Crippen LogP contribution >= 0.6 is 0 Å². The Labute approximate surface area is 98.7 Å². The van der Waals surface area contributed by atoms with E-state index in [1.54, 1.807) is 31.2 Å². The van der Waals surface area contributed by atoms with E-state index in [0.717, 1.165) is 0 Å². The van der Waals surface area contributed by atoms with Crippen LogP contribution in [0.15, 0.2) is 30.3 Å². The Hall–Kier alpha value is -2.17. The van der Waals surface area contributed by atoms with Crippen LogP contribution in [-0.2, 0) is 6.54 Å². The first-order valence-electron chi connectivity index (χ1n) is 5.23. The number of rotatable bonds is 3. The highest BCUT2D eigenvalue weighted by atomic mass is 19.1. The molecule has 0 aliphatic carbocycles. The van der Waals surface area contributed by atoms with Gasteiger partial charge in [-0.3, -0.25) is 0 Å². The fourth-order valence-corrected chi connectivity index (χ4v) is 1.51. The lowest BCUT2D eigenvalue weighted by molar-refractivity contribution is 0.613. The topological polar surface area (TPSA) is 63.8 Å². The number of nitrogens with zero attached hydrogens (tertiary/aromatic N) is 2. The van der Waals surface area contributed by atoms with Gasteiger partial charge < -0.3 is 11.1 Å². The summed E-state index contributed by atoms with van der Waals surface area (Å²) in [6, 6.07) is 8.22. The lowest BCUT2D eigenvalue weighted by atomic mass is 10.2. The number of nitrogen functional groups attached to an aromatic ring is 1. The number of anilines is 2. The van der Waals surface area contributed by atoms with Crippen molar-refractivity contribution < 1.29 is 4.39 Å². The van der Waals surface area contributed by atoms with Crippen molar-refractivity contribution in [1.29, 1.82) is 0 Å². The van der Waals surface area contributed by atoms with E-state index in [1.807, 2.05) is 0 Å². The van der Waals surface area contributed by atoms with Crippen LogP contribution in [0.2, 0.25) is 0 Å². The lowest BCUT2D eigenvalue weighted by Gasteiger charge is -2.07. The van der Waals surface area contributed by atoms with Crippen LogP contribution in [0.25, 0.3) is 0 Å². The maximum Gasteiger partial charge on any atom is 0.132 e. The predicted octanol–water partition coefficient (Wildman–Crippen LogP) is 2.12. The molecule has 0 saturated heterocycles. The van der Waals surface area contributed by atoms with Crippen LogP contribution < -0.4 is 11.1 Å². The largest absolute Gasteiger partial charge is 0.384 e. The van der Waals surface area contributed by atoms with Gasteiger partial charge in [0, 0.05) is 18.2 Å². The minimum absolute atomic E-state index is 0.237. The van der Waals surface area contributed by atoms with Gasteiger partial charge in [-0.05, 0) is 13.0 Å².